The van der Waals surface area contributed by atoms with E-state index in [9.17, 15) is 9.59 Å². The molecule has 4 rings (SSSR count). The minimum absolute atomic E-state index is 0.122. The van der Waals surface area contributed by atoms with Crippen molar-refractivity contribution in [2.75, 3.05) is 26.2 Å². The fourth-order valence-corrected chi connectivity index (χ4v) is 3.77. The predicted octanol–water partition coefficient (Wildman–Crippen LogP) is 2.26. The second-order valence-electron chi connectivity index (χ2n) is 7.08. The number of nitrogens with zero attached hydrogens (tertiary/aromatic N) is 2. The van der Waals surface area contributed by atoms with E-state index < -0.39 is 0 Å². The van der Waals surface area contributed by atoms with Crippen LogP contribution in [0.3, 0.4) is 0 Å². The summed E-state index contributed by atoms with van der Waals surface area (Å²) in [4.78, 5) is 28.7. The number of aryl methyl sites for hydroxylation is 2. The first-order valence-electron chi connectivity index (χ1n) is 8.92. The number of fused-ring (bicyclic) bond motifs is 1. The Bertz CT molecular complexity index is 628. The SMILES string of the molecule is O=C(c1ccc2c(c1)CCCC2)N1CCN(C(=O)C2CC2)CC1. The van der Waals surface area contributed by atoms with Gasteiger partial charge in [-0.1, -0.05) is 6.07 Å². The highest BCUT2D eigenvalue weighted by Crippen LogP contribution is 2.31. The second-order valence-corrected chi connectivity index (χ2v) is 7.08. The lowest BCUT2D eigenvalue weighted by molar-refractivity contribution is -0.134. The average molecular weight is 312 g/mol. The Balaban J connectivity index is 1.40. The molecule has 0 N–H and O–H groups in total. The van der Waals surface area contributed by atoms with E-state index in [4.69, 9.17) is 0 Å². The van der Waals surface area contributed by atoms with Crippen LogP contribution in [-0.2, 0) is 17.6 Å². The van der Waals surface area contributed by atoms with Gasteiger partial charge in [0.25, 0.3) is 5.91 Å². The third-order valence-electron chi connectivity index (χ3n) is 5.40. The Labute approximate surface area is 137 Å². The lowest BCUT2D eigenvalue weighted by Crippen LogP contribution is -2.51. The molecule has 4 nitrogen and oxygen atoms in total. The molecule has 2 amide bonds. The average Bonchev–Trinajstić information content (AvgIpc) is 3.45. The van der Waals surface area contributed by atoms with Crippen LogP contribution in [-0.4, -0.2) is 47.8 Å². The number of piperazine rings is 1. The third kappa shape index (κ3) is 2.99. The molecule has 0 aromatic heterocycles. The Morgan fingerprint density at radius 2 is 1.52 bits per heavy atom. The van der Waals surface area contributed by atoms with E-state index in [1.807, 2.05) is 15.9 Å². The van der Waals surface area contributed by atoms with Crippen LogP contribution >= 0.6 is 0 Å². The van der Waals surface area contributed by atoms with Crippen molar-refractivity contribution in [1.29, 1.82) is 0 Å². The number of amides is 2. The highest BCUT2D eigenvalue weighted by Gasteiger charge is 2.35. The van der Waals surface area contributed by atoms with Crippen molar-refractivity contribution in [1.82, 2.24) is 9.80 Å². The zero-order chi connectivity index (χ0) is 15.8. The maximum atomic E-state index is 12.7. The van der Waals surface area contributed by atoms with Gasteiger partial charge in [0.15, 0.2) is 0 Å². The number of hydrogen-bond donors (Lipinski definition) is 0. The standard InChI is InChI=1S/C19H24N2O2/c22-18(15-6-7-15)20-9-11-21(12-10-20)19(23)17-8-5-14-3-1-2-4-16(14)13-17/h5,8,13,15H,1-4,6-7,9-12H2. The lowest BCUT2D eigenvalue weighted by Gasteiger charge is -2.35. The third-order valence-corrected chi connectivity index (χ3v) is 5.40. The van der Waals surface area contributed by atoms with Gasteiger partial charge in [-0.2, -0.15) is 0 Å². The molecule has 1 heterocycles. The maximum absolute atomic E-state index is 12.7. The molecule has 1 saturated heterocycles. The summed E-state index contributed by atoms with van der Waals surface area (Å²) in [5.74, 6) is 0.695. The number of benzene rings is 1. The molecule has 3 aliphatic rings. The summed E-state index contributed by atoms with van der Waals surface area (Å²) < 4.78 is 0. The minimum Gasteiger partial charge on any atom is -0.339 e. The van der Waals surface area contributed by atoms with Crippen LogP contribution in [0, 0.1) is 5.92 Å². The molecule has 0 atom stereocenters. The van der Waals surface area contributed by atoms with Crippen molar-refractivity contribution in [3.05, 3.63) is 34.9 Å². The topological polar surface area (TPSA) is 40.6 Å². The quantitative estimate of drug-likeness (QED) is 0.840. The van der Waals surface area contributed by atoms with Crippen LogP contribution in [0.15, 0.2) is 18.2 Å². The van der Waals surface area contributed by atoms with Crippen molar-refractivity contribution < 1.29 is 9.59 Å². The highest BCUT2D eigenvalue weighted by atomic mass is 16.2. The molecule has 1 aliphatic heterocycles. The van der Waals surface area contributed by atoms with Crippen molar-refractivity contribution >= 4 is 11.8 Å². The lowest BCUT2D eigenvalue weighted by atomic mass is 9.90. The van der Waals surface area contributed by atoms with Gasteiger partial charge < -0.3 is 9.80 Å². The van der Waals surface area contributed by atoms with Gasteiger partial charge in [-0.15, -0.1) is 0 Å². The second kappa shape index (κ2) is 5.99. The Hall–Kier alpha value is -1.84. The van der Waals surface area contributed by atoms with E-state index in [2.05, 4.69) is 12.1 Å². The van der Waals surface area contributed by atoms with Gasteiger partial charge >= 0.3 is 0 Å². The van der Waals surface area contributed by atoms with Gasteiger partial charge in [0.1, 0.15) is 0 Å². The highest BCUT2D eigenvalue weighted by molar-refractivity contribution is 5.94. The molecule has 23 heavy (non-hydrogen) atoms. The summed E-state index contributed by atoms with van der Waals surface area (Å²) in [5, 5.41) is 0. The normalized spacial score (nSPS) is 21.0. The Kier molecular flexibility index (Phi) is 3.83. The molecule has 0 bridgehead atoms. The smallest absolute Gasteiger partial charge is 0.253 e. The zero-order valence-corrected chi connectivity index (χ0v) is 13.6. The van der Waals surface area contributed by atoms with Gasteiger partial charge in [-0.05, 0) is 61.8 Å². The Morgan fingerprint density at radius 3 is 2.22 bits per heavy atom. The predicted molar refractivity (Wildman–Crippen MR) is 88.3 cm³/mol. The van der Waals surface area contributed by atoms with Crippen LogP contribution in [0.4, 0.5) is 0 Å². The van der Waals surface area contributed by atoms with E-state index in [0.29, 0.717) is 32.1 Å². The number of carbonyl (C=O) groups is 2. The maximum Gasteiger partial charge on any atom is 0.253 e. The van der Waals surface area contributed by atoms with E-state index in [0.717, 1.165) is 31.2 Å². The molecule has 2 fully saturated rings. The van der Waals surface area contributed by atoms with Gasteiger partial charge in [0, 0.05) is 37.7 Å². The van der Waals surface area contributed by atoms with Gasteiger partial charge in [0.2, 0.25) is 5.91 Å². The first-order chi connectivity index (χ1) is 11.2. The van der Waals surface area contributed by atoms with Gasteiger partial charge in [-0.25, -0.2) is 0 Å². The largest absolute Gasteiger partial charge is 0.339 e. The number of carbonyl (C=O) groups excluding carboxylic acids is 2. The summed E-state index contributed by atoms with van der Waals surface area (Å²) in [6.07, 6.45) is 6.83. The van der Waals surface area contributed by atoms with E-state index in [1.54, 1.807) is 0 Å². The molecule has 2 aliphatic carbocycles. The van der Waals surface area contributed by atoms with Crippen LogP contribution in [0.5, 0.6) is 0 Å². The molecule has 122 valence electrons. The fourth-order valence-electron chi connectivity index (χ4n) is 3.77. The molecule has 0 radical (unpaired) electrons. The van der Waals surface area contributed by atoms with Crippen molar-refractivity contribution in [3.8, 4) is 0 Å². The summed E-state index contributed by atoms with van der Waals surface area (Å²) in [5.41, 5.74) is 3.57. The van der Waals surface area contributed by atoms with E-state index >= 15 is 0 Å². The van der Waals surface area contributed by atoms with Crippen LogP contribution in [0.2, 0.25) is 0 Å². The molecule has 0 spiro atoms. The van der Waals surface area contributed by atoms with Crippen LogP contribution in [0.1, 0.15) is 47.2 Å². The number of hydrogen-bond acceptors (Lipinski definition) is 2. The van der Waals surface area contributed by atoms with Gasteiger partial charge in [0.05, 0.1) is 0 Å². The van der Waals surface area contributed by atoms with Gasteiger partial charge in [-0.3, -0.25) is 9.59 Å². The summed E-state index contributed by atoms with van der Waals surface area (Å²) in [7, 11) is 0. The Morgan fingerprint density at radius 1 is 0.870 bits per heavy atom. The van der Waals surface area contributed by atoms with Crippen LogP contribution in [0.25, 0.3) is 0 Å². The summed E-state index contributed by atoms with van der Waals surface area (Å²) >= 11 is 0. The van der Waals surface area contributed by atoms with Crippen molar-refractivity contribution in [2.45, 2.75) is 38.5 Å². The summed E-state index contributed by atoms with van der Waals surface area (Å²) in [6, 6.07) is 6.21. The first kappa shape index (κ1) is 14.7. The van der Waals surface area contributed by atoms with Crippen molar-refractivity contribution in [2.24, 2.45) is 5.92 Å². The van der Waals surface area contributed by atoms with E-state index in [1.165, 1.54) is 24.0 Å². The molecule has 1 aromatic carbocycles. The molecule has 1 saturated carbocycles. The minimum atomic E-state index is 0.122. The van der Waals surface area contributed by atoms with Crippen molar-refractivity contribution in [3.63, 3.8) is 0 Å². The molecule has 4 heteroatoms. The monoisotopic (exact) mass is 312 g/mol. The number of rotatable bonds is 2. The first-order valence-corrected chi connectivity index (χ1v) is 8.92. The molecule has 1 aromatic rings. The zero-order valence-electron chi connectivity index (χ0n) is 13.6. The molecular weight excluding hydrogens is 288 g/mol. The van der Waals surface area contributed by atoms with E-state index in [-0.39, 0.29) is 11.8 Å². The molecule has 0 unspecified atom stereocenters. The fraction of sp³-hybridized carbons (Fsp3) is 0.579. The summed E-state index contributed by atoms with van der Waals surface area (Å²) in [6.45, 7) is 2.70. The van der Waals surface area contributed by atoms with Crippen LogP contribution < -0.4 is 0 Å². The molecular formula is C19H24N2O2.